The third kappa shape index (κ3) is 4.30. The number of dihydropyridines is 1. The fourth-order valence-corrected chi connectivity index (χ4v) is 2.99. The third-order valence-corrected chi connectivity index (χ3v) is 4.07. The number of nitrogens with two attached hydrogens (primary N) is 1. The molecule has 150 valence electrons. The minimum absolute atomic E-state index is 0.00264. The summed E-state index contributed by atoms with van der Waals surface area (Å²) in [4.78, 5) is 36.0. The molecule has 1 heterocycles. The molecule has 1 aliphatic heterocycles. The average Bonchev–Trinajstić information content (AvgIpc) is 2.60. The Morgan fingerprint density at radius 1 is 1.29 bits per heavy atom. The quantitative estimate of drug-likeness (QED) is 0.430. The van der Waals surface area contributed by atoms with Crippen molar-refractivity contribution in [1.29, 1.82) is 0 Å². The Morgan fingerprint density at radius 3 is 2.54 bits per heavy atom. The molecule has 0 aromatic heterocycles. The maximum Gasteiger partial charge on any atom is 0.338 e. The lowest BCUT2D eigenvalue weighted by Gasteiger charge is -2.30. The summed E-state index contributed by atoms with van der Waals surface area (Å²) in [6.45, 7) is 6.77. The molecular weight excluding hydrogens is 366 g/mol. The molecule has 0 saturated heterocycles. The van der Waals surface area contributed by atoms with Crippen LogP contribution in [0, 0.1) is 10.1 Å². The molecule has 1 aromatic rings. The molecule has 0 aliphatic carbocycles. The van der Waals surface area contributed by atoms with E-state index in [2.05, 4.69) is 5.32 Å². The summed E-state index contributed by atoms with van der Waals surface area (Å²) < 4.78 is 10.4. The number of esters is 2. The van der Waals surface area contributed by atoms with Crippen LogP contribution in [0.3, 0.4) is 0 Å². The second-order valence-electron chi connectivity index (χ2n) is 6.45. The lowest BCUT2D eigenvalue weighted by molar-refractivity contribution is -0.384. The van der Waals surface area contributed by atoms with E-state index in [9.17, 15) is 19.7 Å². The van der Waals surface area contributed by atoms with Crippen LogP contribution < -0.4 is 11.1 Å². The second-order valence-corrected chi connectivity index (χ2v) is 6.45. The lowest BCUT2D eigenvalue weighted by atomic mass is 9.81. The number of hydrogen-bond acceptors (Lipinski definition) is 8. The van der Waals surface area contributed by atoms with E-state index in [-0.39, 0.29) is 29.3 Å². The molecule has 0 spiro atoms. The van der Waals surface area contributed by atoms with Crippen molar-refractivity contribution < 1.29 is 24.0 Å². The molecule has 1 aromatic carbocycles. The average molecular weight is 389 g/mol. The number of carbonyl (C=O) groups excluding carboxylic acids is 2. The van der Waals surface area contributed by atoms with Crippen molar-refractivity contribution in [2.24, 2.45) is 5.73 Å². The van der Waals surface area contributed by atoms with Gasteiger partial charge in [0.05, 0.1) is 34.7 Å². The molecule has 9 nitrogen and oxygen atoms in total. The smallest absolute Gasteiger partial charge is 0.338 e. The predicted octanol–water partition coefficient (Wildman–Crippen LogP) is 2.24. The second kappa shape index (κ2) is 8.55. The maximum absolute atomic E-state index is 12.7. The Labute approximate surface area is 162 Å². The first-order valence-corrected chi connectivity index (χ1v) is 8.77. The number of allylic oxidation sites excluding steroid dienone is 1. The summed E-state index contributed by atoms with van der Waals surface area (Å²) in [6, 6.07) is 5.70. The summed E-state index contributed by atoms with van der Waals surface area (Å²) in [7, 11) is 0. The van der Waals surface area contributed by atoms with Crippen molar-refractivity contribution in [3.05, 3.63) is 62.6 Å². The largest absolute Gasteiger partial charge is 0.463 e. The Hall–Kier alpha value is -3.36. The first-order chi connectivity index (χ1) is 13.2. The highest BCUT2D eigenvalue weighted by atomic mass is 16.6. The fourth-order valence-electron chi connectivity index (χ4n) is 2.99. The van der Waals surface area contributed by atoms with Crippen molar-refractivity contribution in [2.75, 3.05) is 6.61 Å². The first kappa shape index (κ1) is 20.9. The van der Waals surface area contributed by atoms with Crippen molar-refractivity contribution in [3.63, 3.8) is 0 Å². The minimum Gasteiger partial charge on any atom is -0.463 e. The van der Waals surface area contributed by atoms with Gasteiger partial charge in [-0.25, -0.2) is 9.59 Å². The van der Waals surface area contributed by atoms with Gasteiger partial charge >= 0.3 is 11.9 Å². The van der Waals surface area contributed by atoms with Crippen LogP contribution in [-0.4, -0.2) is 29.6 Å². The highest BCUT2D eigenvalue weighted by Gasteiger charge is 2.39. The van der Waals surface area contributed by atoms with Gasteiger partial charge in [-0.3, -0.25) is 10.1 Å². The van der Waals surface area contributed by atoms with Crippen molar-refractivity contribution in [2.45, 2.75) is 39.7 Å². The van der Waals surface area contributed by atoms with E-state index in [0.29, 0.717) is 11.3 Å². The Bertz CT molecular complexity index is 872. The molecule has 28 heavy (non-hydrogen) atoms. The van der Waals surface area contributed by atoms with Crippen LogP contribution in [0.15, 0.2) is 46.9 Å². The van der Waals surface area contributed by atoms with Gasteiger partial charge in [-0.05, 0) is 33.3 Å². The molecule has 1 aliphatic rings. The topological polar surface area (TPSA) is 134 Å². The molecule has 0 radical (unpaired) electrons. The molecular formula is C19H23N3O6. The highest BCUT2D eigenvalue weighted by Crippen LogP contribution is 2.39. The Balaban J connectivity index is 2.68. The van der Waals surface area contributed by atoms with Gasteiger partial charge in [0.1, 0.15) is 5.82 Å². The normalized spacial score (nSPS) is 16.7. The van der Waals surface area contributed by atoms with Gasteiger partial charge in [-0.15, -0.1) is 0 Å². The fraction of sp³-hybridized carbons (Fsp3) is 0.368. The van der Waals surface area contributed by atoms with Crippen molar-refractivity contribution >= 4 is 17.6 Å². The molecule has 2 rings (SSSR count). The Morgan fingerprint density at radius 2 is 1.96 bits per heavy atom. The van der Waals surface area contributed by atoms with E-state index in [1.54, 1.807) is 33.8 Å². The van der Waals surface area contributed by atoms with E-state index in [1.165, 1.54) is 18.2 Å². The zero-order chi connectivity index (χ0) is 21.0. The molecule has 0 bridgehead atoms. The van der Waals surface area contributed by atoms with Crippen LogP contribution >= 0.6 is 0 Å². The SMILES string of the molecule is CCOC(=O)C1=C(C)NC(N)=C(C(=O)OC(C)C)C1c1cccc([N+](=O)[O-])c1. The number of nitrogens with zero attached hydrogens (tertiary/aromatic N) is 1. The number of ether oxygens (including phenoxy) is 2. The van der Waals surface area contributed by atoms with Gasteiger partial charge in [-0.1, -0.05) is 12.1 Å². The van der Waals surface area contributed by atoms with Crippen LogP contribution in [0.1, 0.15) is 39.2 Å². The van der Waals surface area contributed by atoms with E-state index < -0.39 is 28.9 Å². The van der Waals surface area contributed by atoms with Gasteiger partial charge in [0.2, 0.25) is 0 Å². The molecule has 0 saturated carbocycles. The summed E-state index contributed by atoms with van der Waals surface area (Å²) in [5.74, 6) is -2.31. The number of non-ortho nitro benzene ring substituents is 1. The highest BCUT2D eigenvalue weighted by molar-refractivity contribution is 5.99. The van der Waals surface area contributed by atoms with Gasteiger partial charge in [0, 0.05) is 17.8 Å². The number of nitro groups is 1. The number of rotatable bonds is 6. The zero-order valence-electron chi connectivity index (χ0n) is 16.1. The summed E-state index contributed by atoms with van der Waals surface area (Å²) >= 11 is 0. The number of nitrogens with one attached hydrogen (secondary N) is 1. The van der Waals surface area contributed by atoms with Crippen molar-refractivity contribution in [3.8, 4) is 0 Å². The molecule has 1 atom stereocenters. The van der Waals surface area contributed by atoms with E-state index in [1.807, 2.05) is 0 Å². The maximum atomic E-state index is 12.7. The van der Waals surface area contributed by atoms with Crippen LogP contribution in [-0.2, 0) is 19.1 Å². The summed E-state index contributed by atoms with van der Waals surface area (Å²) in [5.41, 5.74) is 6.78. The van der Waals surface area contributed by atoms with Gasteiger partial charge < -0.3 is 20.5 Å². The summed E-state index contributed by atoms with van der Waals surface area (Å²) in [5, 5.41) is 14.0. The predicted molar refractivity (Wildman–Crippen MR) is 101 cm³/mol. The Kier molecular flexibility index (Phi) is 6.40. The molecule has 0 amide bonds. The van der Waals surface area contributed by atoms with E-state index in [0.717, 1.165) is 0 Å². The van der Waals surface area contributed by atoms with Gasteiger partial charge in [0.15, 0.2) is 0 Å². The standard InChI is InChI=1S/C19H23N3O6/c1-5-27-18(23)14-11(4)21-17(20)16(19(24)28-10(2)3)15(14)12-7-6-8-13(9-12)22(25)26/h6-10,15,21H,5,20H2,1-4H3. The first-order valence-electron chi connectivity index (χ1n) is 8.77. The third-order valence-electron chi connectivity index (χ3n) is 4.07. The lowest BCUT2D eigenvalue weighted by Crippen LogP contribution is -2.36. The number of carbonyl (C=O) groups is 2. The monoisotopic (exact) mass is 389 g/mol. The minimum atomic E-state index is -0.966. The van der Waals surface area contributed by atoms with E-state index in [4.69, 9.17) is 15.2 Å². The van der Waals surface area contributed by atoms with Crippen LogP contribution in [0.4, 0.5) is 5.69 Å². The molecule has 1 unspecified atom stereocenters. The van der Waals surface area contributed by atoms with Crippen LogP contribution in [0.25, 0.3) is 0 Å². The number of nitro benzene ring substituents is 1. The van der Waals surface area contributed by atoms with Gasteiger partial charge in [-0.2, -0.15) is 0 Å². The number of hydrogen-bond donors (Lipinski definition) is 2. The van der Waals surface area contributed by atoms with E-state index >= 15 is 0 Å². The zero-order valence-corrected chi connectivity index (χ0v) is 16.1. The molecule has 0 fully saturated rings. The molecule has 9 heteroatoms. The number of benzene rings is 1. The van der Waals surface area contributed by atoms with Crippen LogP contribution in [0.2, 0.25) is 0 Å². The van der Waals surface area contributed by atoms with Crippen LogP contribution in [0.5, 0.6) is 0 Å². The van der Waals surface area contributed by atoms with Crippen molar-refractivity contribution in [1.82, 2.24) is 5.32 Å². The summed E-state index contributed by atoms with van der Waals surface area (Å²) in [6.07, 6.45) is -0.420. The van der Waals surface area contributed by atoms with Gasteiger partial charge in [0.25, 0.3) is 5.69 Å². The molecule has 3 N–H and O–H groups in total.